The summed E-state index contributed by atoms with van der Waals surface area (Å²) in [7, 11) is 0. The lowest BCUT2D eigenvalue weighted by molar-refractivity contribution is 0.346. The monoisotopic (exact) mass is 287 g/mol. The molecule has 1 saturated heterocycles. The first-order valence-corrected chi connectivity index (χ1v) is 8.20. The molecule has 2 heterocycles. The van der Waals surface area contributed by atoms with E-state index in [1.807, 2.05) is 11.8 Å². The maximum Gasteiger partial charge on any atom is 0.232 e. The van der Waals surface area contributed by atoms with Gasteiger partial charge in [0.25, 0.3) is 0 Å². The van der Waals surface area contributed by atoms with Gasteiger partial charge in [-0.05, 0) is 24.0 Å². The zero-order chi connectivity index (χ0) is 13.5. The molecule has 1 aromatic heterocycles. The number of aromatic nitrogens is 2. The molecule has 0 saturated carbocycles. The maximum absolute atomic E-state index is 6.09. The van der Waals surface area contributed by atoms with Crippen molar-refractivity contribution in [3.63, 3.8) is 0 Å². The molecule has 1 aliphatic heterocycles. The fourth-order valence-corrected chi connectivity index (χ4v) is 4.41. The van der Waals surface area contributed by atoms with Crippen molar-refractivity contribution in [2.75, 3.05) is 11.5 Å². The van der Waals surface area contributed by atoms with Crippen LogP contribution in [0, 0.1) is 0 Å². The quantitative estimate of drug-likeness (QED) is 0.916. The first-order chi connectivity index (χ1) is 9.81. The van der Waals surface area contributed by atoms with E-state index in [0.29, 0.717) is 5.92 Å². The first kappa shape index (κ1) is 12.4. The van der Waals surface area contributed by atoms with Crippen molar-refractivity contribution in [2.45, 2.75) is 30.7 Å². The highest BCUT2D eigenvalue weighted by Gasteiger charge is 2.33. The zero-order valence-electron chi connectivity index (χ0n) is 11.2. The van der Waals surface area contributed by atoms with E-state index in [9.17, 15) is 0 Å². The highest BCUT2D eigenvalue weighted by atomic mass is 32.2. The van der Waals surface area contributed by atoms with Gasteiger partial charge in [0.05, 0.1) is 5.92 Å². The lowest BCUT2D eigenvalue weighted by atomic mass is 10.0. The third-order valence-electron chi connectivity index (χ3n) is 4.32. The molecule has 2 unspecified atom stereocenters. The molecule has 2 atom stereocenters. The summed E-state index contributed by atoms with van der Waals surface area (Å²) in [5.74, 6) is 4.14. The molecule has 104 valence electrons. The summed E-state index contributed by atoms with van der Waals surface area (Å²) >= 11 is 1.86. The van der Waals surface area contributed by atoms with Gasteiger partial charge in [0.15, 0.2) is 5.82 Å². The van der Waals surface area contributed by atoms with E-state index in [1.165, 1.54) is 11.1 Å². The highest BCUT2D eigenvalue weighted by Crippen LogP contribution is 2.35. The minimum atomic E-state index is 0.147. The first-order valence-electron chi connectivity index (χ1n) is 7.05. The minimum Gasteiger partial charge on any atom is -0.339 e. The summed E-state index contributed by atoms with van der Waals surface area (Å²) < 4.78 is 5.48. The number of benzene rings is 1. The van der Waals surface area contributed by atoms with Gasteiger partial charge in [0, 0.05) is 23.5 Å². The molecular formula is C15H17N3OS. The number of hydrogen-bond acceptors (Lipinski definition) is 5. The average Bonchev–Trinajstić information content (AvgIpc) is 3.15. The fourth-order valence-electron chi connectivity index (χ4n) is 3.13. The van der Waals surface area contributed by atoms with Crippen LogP contribution in [0.2, 0.25) is 0 Å². The SMILES string of the molecule is NC1CSCC1c1nc(C2Cc3ccccc3C2)no1. The Balaban J connectivity index is 1.55. The van der Waals surface area contributed by atoms with Crippen LogP contribution >= 0.6 is 11.8 Å². The molecule has 0 radical (unpaired) electrons. The van der Waals surface area contributed by atoms with Gasteiger partial charge in [-0.3, -0.25) is 0 Å². The van der Waals surface area contributed by atoms with Gasteiger partial charge >= 0.3 is 0 Å². The lowest BCUT2D eigenvalue weighted by Crippen LogP contribution is -2.26. The van der Waals surface area contributed by atoms with Crippen molar-refractivity contribution in [3.05, 3.63) is 47.1 Å². The lowest BCUT2D eigenvalue weighted by Gasteiger charge is -2.08. The number of nitrogens with two attached hydrogens (primary N) is 1. The Morgan fingerprint density at radius 1 is 1.15 bits per heavy atom. The topological polar surface area (TPSA) is 64.9 Å². The van der Waals surface area contributed by atoms with Crippen LogP contribution in [0.5, 0.6) is 0 Å². The van der Waals surface area contributed by atoms with E-state index >= 15 is 0 Å². The predicted octanol–water partition coefficient (Wildman–Crippen LogP) is 2.11. The van der Waals surface area contributed by atoms with Crippen molar-refractivity contribution >= 4 is 11.8 Å². The van der Waals surface area contributed by atoms with Crippen LogP contribution in [0.3, 0.4) is 0 Å². The Hall–Kier alpha value is -1.33. The minimum absolute atomic E-state index is 0.147. The van der Waals surface area contributed by atoms with Crippen LogP contribution < -0.4 is 5.73 Å². The van der Waals surface area contributed by atoms with E-state index in [0.717, 1.165) is 36.1 Å². The molecule has 1 fully saturated rings. The van der Waals surface area contributed by atoms with Gasteiger partial charge in [0.1, 0.15) is 0 Å². The Labute approximate surface area is 122 Å². The van der Waals surface area contributed by atoms with Gasteiger partial charge in [-0.15, -0.1) is 0 Å². The van der Waals surface area contributed by atoms with Crippen LogP contribution in [-0.4, -0.2) is 27.7 Å². The molecule has 2 aromatic rings. The molecule has 0 spiro atoms. The molecule has 2 N–H and O–H groups in total. The molecule has 0 amide bonds. The summed E-state index contributed by atoms with van der Waals surface area (Å²) in [6.07, 6.45) is 2.03. The van der Waals surface area contributed by atoms with Crippen LogP contribution in [0.15, 0.2) is 28.8 Å². The van der Waals surface area contributed by atoms with E-state index in [1.54, 1.807) is 0 Å². The third kappa shape index (κ3) is 2.05. The normalized spacial score (nSPS) is 26.1. The van der Waals surface area contributed by atoms with E-state index in [4.69, 9.17) is 10.3 Å². The third-order valence-corrected chi connectivity index (χ3v) is 5.53. The standard InChI is InChI=1S/C15H17N3OS/c16-13-8-20-7-12(13)15-17-14(18-19-15)11-5-9-3-1-2-4-10(9)6-11/h1-4,11-13H,5-8,16H2. The van der Waals surface area contributed by atoms with Crippen LogP contribution in [0.25, 0.3) is 0 Å². The van der Waals surface area contributed by atoms with Crippen molar-refractivity contribution in [1.82, 2.24) is 10.1 Å². The van der Waals surface area contributed by atoms with Crippen LogP contribution in [0.1, 0.15) is 34.7 Å². The van der Waals surface area contributed by atoms with Crippen LogP contribution in [-0.2, 0) is 12.8 Å². The van der Waals surface area contributed by atoms with Crippen LogP contribution in [0.4, 0.5) is 0 Å². The zero-order valence-corrected chi connectivity index (χ0v) is 12.0. The van der Waals surface area contributed by atoms with Crippen molar-refractivity contribution in [2.24, 2.45) is 5.73 Å². The second kappa shape index (κ2) is 4.90. The molecule has 2 aliphatic rings. The highest BCUT2D eigenvalue weighted by molar-refractivity contribution is 7.99. The van der Waals surface area contributed by atoms with Crippen molar-refractivity contribution < 1.29 is 4.52 Å². The molecular weight excluding hydrogens is 270 g/mol. The Bertz CT molecular complexity index is 602. The number of nitrogens with zero attached hydrogens (tertiary/aromatic N) is 2. The molecule has 4 rings (SSSR count). The van der Waals surface area contributed by atoms with E-state index in [-0.39, 0.29) is 12.0 Å². The molecule has 1 aliphatic carbocycles. The fraction of sp³-hybridized carbons (Fsp3) is 0.467. The maximum atomic E-state index is 6.09. The summed E-state index contributed by atoms with van der Waals surface area (Å²) in [6.45, 7) is 0. The van der Waals surface area contributed by atoms with Gasteiger partial charge in [-0.1, -0.05) is 29.4 Å². The smallest absolute Gasteiger partial charge is 0.232 e. The predicted molar refractivity (Wildman–Crippen MR) is 78.9 cm³/mol. The van der Waals surface area contributed by atoms with Crippen molar-refractivity contribution in [3.8, 4) is 0 Å². The number of fused-ring (bicyclic) bond motifs is 1. The number of hydrogen-bond donors (Lipinski definition) is 1. The average molecular weight is 287 g/mol. The van der Waals surface area contributed by atoms with E-state index in [2.05, 4.69) is 34.4 Å². The van der Waals surface area contributed by atoms with Gasteiger partial charge in [0.2, 0.25) is 5.89 Å². The van der Waals surface area contributed by atoms with E-state index < -0.39 is 0 Å². The molecule has 20 heavy (non-hydrogen) atoms. The van der Waals surface area contributed by atoms with Crippen molar-refractivity contribution in [1.29, 1.82) is 0 Å². The molecule has 1 aromatic carbocycles. The molecule has 0 bridgehead atoms. The summed E-state index contributed by atoms with van der Waals surface area (Å²) in [6, 6.07) is 8.73. The van der Waals surface area contributed by atoms with Gasteiger partial charge in [-0.25, -0.2) is 0 Å². The summed E-state index contributed by atoms with van der Waals surface area (Å²) in [5, 5.41) is 4.21. The summed E-state index contributed by atoms with van der Waals surface area (Å²) in [5.41, 5.74) is 8.92. The second-order valence-corrected chi connectivity index (χ2v) is 6.75. The molecule has 5 heteroatoms. The Morgan fingerprint density at radius 3 is 2.55 bits per heavy atom. The Kier molecular flexibility index (Phi) is 3.04. The van der Waals surface area contributed by atoms with Gasteiger partial charge in [-0.2, -0.15) is 16.7 Å². The Morgan fingerprint density at radius 2 is 1.90 bits per heavy atom. The largest absolute Gasteiger partial charge is 0.339 e. The number of rotatable bonds is 2. The van der Waals surface area contributed by atoms with Gasteiger partial charge < -0.3 is 10.3 Å². The summed E-state index contributed by atoms with van der Waals surface area (Å²) in [4.78, 5) is 4.64. The molecule has 4 nitrogen and oxygen atoms in total. The number of thioether (sulfide) groups is 1. The second-order valence-electron chi connectivity index (χ2n) is 5.67.